The van der Waals surface area contributed by atoms with E-state index in [2.05, 4.69) is 18.7 Å². The number of aliphatic hydroxyl groups is 1. The van der Waals surface area contributed by atoms with Crippen molar-refractivity contribution in [2.24, 2.45) is 0 Å². The summed E-state index contributed by atoms with van der Waals surface area (Å²) in [5.41, 5.74) is 1.18. The summed E-state index contributed by atoms with van der Waals surface area (Å²) in [7, 11) is 0. The van der Waals surface area contributed by atoms with Crippen molar-refractivity contribution < 1.29 is 19.3 Å². The third-order valence-electron chi connectivity index (χ3n) is 4.30. The maximum atomic E-state index is 9.96. The van der Waals surface area contributed by atoms with E-state index in [0.717, 1.165) is 19.3 Å². The van der Waals surface area contributed by atoms with Crippen LogP contribution in [0, 0.1) is 0 Å². The van der Waals surface area contributed by atoms with E-state index in [-0.39, 0.29) is 12.2 Å². The third kappa shape index (κ3) is 7.42. The molecule has 1 N–H and O–H groups in total. The van der Waals surface area contributed by atoms with E-state index in [9.17, 15) is 5.11 Å². The van der Waals surface area contributed by atoms with Crippen LogP contribution >= 0.6 is 0 Å². The smallest absolute Gasteiger partial charge is 0.164 e. The van der Waals surface area contributed by atoms with Gasteiger partial charge in [0.1, 0.15) is 6.10 Å². The first-order chi connectivity index (χ1) is 12.5. The van der Waals surface area contributed by atoms with E-state index < -0.39 is 11.9 Å². The fourth-order valence-electron chi connectivity index (χ4n) is 3.02. The summed E-state index contributed by atoms with van der Waals surface area (Å²) in [6, 6.07) is 10.2. The van der Waals surface area contributed by atoms with Crippen LogP contribution in [0.25, 0.3) is 0 Å². The van der Waals surface area contributed by atoms with Crippen molar-refractivity contribution in [1.82, 2.24) is 0 Å². The van der Waals surface area contributed by atoms with Crippen molar-refractivity contribution in [2.45, 2.75) is 70.2 Å². The molecule has 0 saturated carbocycles. The lowest BCUT2D eigenvalue weighted by atomic mass is 10.1. The highest BCUT2D eigenvalue weighted by Gasteiger charge is 2.39. The van der Waals surface area contributed by atoms with Gasteiger partial charge in [0.2, 0.25) is 0 Å². The molecule has 3 atom stereocenters. The van der Waals surface area contributed by atoms with Crippen molar-refractivity contribution in [1.29, 1.82) is 0 Å². The lowest BCUT2D eigenvalue weighted by Gasteiger charge is -2.16. The Morgan fingerprint density at radius 2 is 2.04 bits per heavy atom. The van der Waals surface area contributed by atoms with Crippen molar-refractivity contribution in [2.75, 3.05) is 6.61 Å². The minimum absolute atomic E-state index is 0.0202. The molecule has 4 nitrogen and oxygen atoms in total. The van der Waals surface area contributed by atoms with Gasteiger partial charge in [0.05, 0.1) is 18.8 Å². The molecule has 1 fully saturated rings. The first-order valence-electron chi connectivity index (χ1n) is 9.45. The first kappa shape index (κ1) is 20.8. The fourth-order valence-corrected chi connectivity index (χ4v) is 3.02. The van der Waals surface area contributed by atoms with Gasteiger partial charge in [0.15, 0.2) is 5.79 Å². The molecule has 26 heavy (non-hydrogen) atoms. The largest absolute Gasteiger partial charge is 0.389 e. The highest BCUT2D eigenvalue weighted by atomic mass is 16.7. The summed E-state index contributed by atoms with van der Waals surface area (Å²) in [6.45, 7) is 8.85. The van der Waals surface area contributed by atoms with Gasteiger partial charge in [-0.3, -0.25) is 0 Å². The Kier molecular flexibility index (Phi) is 8.52. The Balaban J connectivity index is 1.74. The molecule has 1 aliphatic rings. The molecule has 1 aromatic rings. The van der Waals surface area contributed by atoms with Crippen LogP contribution in [0.5, 0.6) is 0 Å². The predicted octanol–water partition coefficient (Wildman–Crippen LogP) is 4.39. The zero-order chi connectivity index (χ0) is 18.8. The molecule has 0 aliphatic carbocycles. The number of allylic oxidation sites excluding steroid dienone is 1. The molecule has 0 bridgehead atoms. The van der Waals surface area contributed by atoms with Crippen LogP contribution in [0.4, 0.5) is 0 Å². The van der Waals surface area contributed by atoms with E-state index >= 15 is 0 Å². The SMILES string of the molecule is C=CCC[C@H](O)/C=C/[C@@H]1OC(C)(C)O[C@H]1CCCOCc1ccccc1. The van der Waals surface area contributed by atoms with Gasteiger partial charge in [0, 0.05) is 6.61 Å². The summed E-state index contributed by atoms with van der Waals surface area (Å²) in [4.78, 5) is 0. The van der Waals surface area contributed by atoms with Gasteiger partial charge in [-0.1, -0.05) is 48.6 Å². The molecule has 2 rings (SSSR count). The van der Waals surface area contributed by atoms with Gasteiger partial charge in [-0.25, -0.2) is 0 Å². The van der Waals surface area contributed by atoms with Gasteiger partial charge < -0.3 is 19.3 Å². The topological polar surface area (TPSA) is 47.9 Å². The summed E-state index contributed by atoms with van der Waals surface area (Å²) >= 11 is 0. The number of aliphatic hydroxyl groups excluding tert-OH is 1. The van der Waals surface area contributed by atoms with E-state index in [1.165, 1.54) is 5.56 Å². The van der Waals surface area contributed by atoms with E-state index in [4.69, 9.17) is 14.2 Å². The zero-order valence-corrected chi connectivity index (χ0v) is 16.0. The maximum Gasteiger partial charge on any atom is 0.164 e. The van der Waals surface area contributed by atoms with Crippen molar-refractivity contribution in [3.05, 3.63) is 60.7 Å². The Morgan fingerprint density at radius 3 is 2.77 bits per heavy atom. The molecule has 0 radical (unpaired) electrons. The molecule has 1 saturated heterocycles. The number of benzene rings is 1. The molecular weight excluding hydrogens is 328 g/mol. The quantitative estimate of drug-likeness (QED) is 0.470. The van der Waals surface area contributed by atoms with Gasteiger partial charge in [-0.05, 0) is 45.1 Å². The van der Waals surface area contributed by atoms with Gasteiger partial charge in [-0.2, -0.15) is 0 Å². The molecule has 0 amide bonds. The fraction of sp³-hybridized carbons (Fsp3) is 0.545. The van der Waals surface area contributed by atoms with Gasteiger partial charge in [-0.15, -0.1) is 6.58 Å². The molecule has 0 unspecified atom stereocenters. The molecule has 0 spiro atoms. The minimum Gasteiger partial charge on any atom is -0.389 e. The van der Waals surface area contributed by atoms with Crippen LogP contribution < -0.4 is 0 Å². The molecular formula is C22H32O4. The molecule has 144 valence electrons. The molecule has 1 aliphatic heterocycles. The van der Waals surface area contributed by atoms with Crippen LogP contribution in [0.2, 0.25) is 0 Å². The second-order valence-electron chi connectivity index (χ2n) is 7.14. The second-order valence-corrected chi connectivity index (χ2v) is 7.14. The number of rotatable bonds is 11. The zero-order valence-electron chi connectivity index (χ0n) is 16.0. The Bertz CT molecular complexity index is 553. The summed E-state index contributed by atoms with van der Waals surface area (Å²) < 4.78 is 17.7. The number of hydrogen-bond donors (Lipinski definition) is 1. The highest BCUT2D eigenvalue weighted by molar-refractivity contribution is 5.13. The van der Waals surface area contributed by atoms with Gasteiger partial charge in [0.25, 0.3) is 0 Å². The Morgan fingerprint density at radius 1 is 1.27 bits per heavy atom. The molecule has 1 aromatic carbocycles. The summed E-state index contributed by atoms with van der Waals surface area (Å²) in [5.74, 6) is -0.601. The second kappa shape index (κ2) is 10.6. The average Bonchev–Trinajstić information content (AvgIpc) is 2.92. The Labute approximate surface area is 157 Å². The van der Waals surface area contributed by atoms with Crippen molar-refractivity contribution in [3.63, 3.8) is 0 Å². The van der Waals surface area contributed by atoms with Crippen LogP contribution in [0.3, 0.4) is 0 Å². The number of ether oxygens (including phenoxy) is 3. The maximum absolute atomic E-state index is 9.96. The molecule has 1 heterocycles. The minimum atomic E-state index is -0.601. The molecule has 0 aromatic heterocycles. The first-order valence-corrected chi connectivity index (χ1v) is 9.45. The summed E-state index contributed by atoms with van der Waals surface area (Å²) in [6.07, 6.45) is 8.14. The van der Waals surface area contributed by atoms with Crippen molar-refractivity contribution in [3.8, 4) is 0 Å². The van der Waals surface area contributed by atoms with Crippen LogP contribution in [0.15, 0.2) is 55.1 Å². The predicted molar refractivity (Wildman–Crippen MR) is 104 cm³/mol. The summed E-state index contributed by atoms with van der Waals surface area (Å²) in [5, 5.41) is 9.96. The molecule has 4 heteroatoms. The Hall–Kier alpha value is -1.46. The lowest BCUT2D eigenvalue weighted by molar-refractivity contribution is -0.143. The number of hydrogen-bond acceptors (Lipinski definition) is 4. The van der Waals surface area contributed by atoms with Crippen LogP contribution in [-0.4, -0.2) is 35.8 Å². The van der Waals surface area contributed by atoms with Crippen LogP contribution in [0.1, 0.15) is 45.1 Å². The third-order valence-corrected chi connectivity index (χ3v) is 4.30. The normalized spacial score (nSPS) is 23.3. The van der Waals surface area contributed by atoms with E-state index in [0.29, 0.717) is 19.6 Å². The van der Waals surface area contributed by atoms with E-state index in [1.54, 1.807) is 6.08 Å². The van der Waals surface area contributed by atoms with Crippen LogP contribution in [-0.2, 0) is 20.8 Å². The standard InChI is InChI=1S/C22H32O4/c1-4-5-12-19(23)14-15-21-20(25-22(2,3)26-21)13-9-16-24-17-18-10-7-6-8-11-18/h4,6-8,10-11,14-15,19-21,23H,1,5,9,12-13,16-17H2,2-3H3/b15-14+/t19-,20-,21-/m0/s1. The van der Waals surface area contributed by atoms with Gasteiger partial charge >= 0.3 is 0 Å². The lowest BCUT2D eigenvalue weighted by Crippen LogP contribution is -2.22. The highest BCUT2D eigenvalue weighted by Crippen LogP contribution is 2.31. The average molecular weight is 360 g/mol. The van der Waals surface area contributed by atoms with E-state index in [1.807, 2.05) is 44.2 Å². The van der Waals surface area contributed by atoms with Crippen molar-refractivity contribution >= 4 is 0 Å². The monoisotopic (exact) mass is 360 g/mol.